The Kier molecular flexibility index (Phi) is 4.70. The van der Waals surface area contributed by atoms with Gasteiger partial charge in [-0.15, -0.1) is 0 Å². The van der Waals surface area contributed by atoms with Crippen molar-refractivity contribution in [2.45, 2.75) is 26.3 Å². The maximum absolute atomic E-state index is 9.88. The average Bonchev–Trinajstić information content (AvgIpc) is 2.57. The molecule has 0 amide bonds. The highest BCUT2D eigenvalue weighted by Crippen LogP contribution is 2.42. The molecule has 3 rings (SSSR count). The van der Waals surface area contributed by atoms with Gasteiger partial charge < -0.3 is 14.9 Å². The fourth-order valence-electron chi connectivity index (χ4n) is 3.75. The molecule has 1 heterocycles. The predicted octanol–water partition coefficient (Wildman–Crippen LogP) is 4.68. The van der Waals surface area contributed by atoms with Crippen LogP contribution in [0, 0.1) is 11.8 Å². The SMILES string of the molecule is CC1CCN(c2cccc(O)c2)C(c2ccc(N(C)C)cc2)C1C. The molecule has 0 spiro atoms. The zero-order valence-electron chi connectivity index (χ0n) is 15.1. The van der Waals surface area contributed by atoms with Crippen molar-refractivity contribution in [2.24, 2.45) is 11.8 Å². The summed E-state index contributed by atoms with van der Waals surface area (Å²) in [6.45, 7) is 5.73. The van der Waals surface area contributed by atoms with Crippen LogP contribution in [0.5, 0.6) is 5.75 Å². The van der Waals surface area contributed by atoms with Crippen LogP contribution in [0.1, 0.15) is 31.9 Å². The van der Waals surface area contributed by atoms with Gasteiger partial charge in [0.05, 0.1) is 6.04 Å². The van der Waals surface area contributed by atoms with E-state index in [0.29, 0.717) is 23.6 Å². The van der Waals surface area contributed by atoms with Gasteiger partial charge in [0.2, 0.25) is 0 Å². The first-order valence-electron chi connectivity index (χ1n) is 8.80. The average molecular weight is 324 g/mol. The molecule has 3 unspecified atom stereocenters. The van der Waals surface area contributed by atoms with E-state index in [1.54, 1.807) is 6.07 Å². The predicted molar refractivity (Wildman–Crippen MR) is 102 cm³/mol. The molecule has 3 heteroatoms. The molecule has 2 aromatic rings. The van der Waals surface area contributed by atoms with E-state index in [0.717, 1.165) is 12.2 Å². The standard InChI is InChI=1S/C21H28N2O/c1-15-12-13-23(19-6-5-7-20(24)14-19)21(16(15)2)17-8-10-18(11-9-17)22(3)4/h5-11,14-16,21,24H,12-13H2,1-4H3. The Morgan fingerprint density at radius 1 is 1.04 bits per heavy atom. The van der Waals surface area contributed by atoms with Crippen LogP contribution >= 0.6 is 0 Å². The molecule has 0 bridgehead atoms. The topological polar surface area (TPSA) is 26.7 Å². The van der Waals surface area contributed by atoms with Crippen LogP contribution in [-0.2, 0) is 0 Å². The molecular formula is C21H28N2O. The number of anilines is 2. The molecule has 1 fully saturated rings. The van der Waals surface area contributed by atoms with Crippen molar-refractivity contribution in [1.82, 2.24) is 0 Å². The second-order valence-corrected chi connectivity index (χ2v) is 7.27. The summed E-state index contributed by atoms with van der Waals surface area (Å²) in [5.41, 5.74) is 3.68. The van der Waals surface area contributed by atoms with Crippen LogP contribution < -0.4 is 9.80 Å². The molecule has 3 nitrogen and oxygen atoms in total. The van der Waals surface area contributed by atoms with E-state index < -0.39 is 0 Å². The molecule has 128 valence electrons. The van der Waals surface area contributed by atoms with Crippen LogP contribution in [0.2, 0.25) is 0 Å². The quantitative estimate of drug-likeness (QED) is 0.888. The van der Waals surface area contributed by atoms with Crippen molar-refractivity contribution in [2.75, 3.05) is 30.4 Å². The van der Waals surface area contributed by atoms with Crippen molar-refractivity contribution in [3.63, 3.8) is 0 Å². The second-order valence-electron chi connectivity index (χ2n) is 7.27. The third-order valence-electron chi connectivity index (χ3n) is 5.47. The first-order chi connectivity index (χ1) is 11.5. The summed E-state index contributed by atoms with van der Waals surface area (Å²) in [6, 6.07) is 16.9. The number of nitrogens with zero attached hydrogens (tertiary/aromatic N) is 2. The lowest BCUT2D eigenvalue weighted by molar-refractivity contribution is 0.256. The van der Waals surface area contributed by atoms with Gasteiger partial charge in [-0.25, -0.2) is 0 Å². The summed E-state index contributed by atoms with van der Waals surface area (Å²) in [7, 11) is 4.14. The van der Waals surface area contributed by atoms with Gasteiger partial charge in [0.15, 0.2) is 0 Å². The highest BCUT2D eigenvalue weighted by molar-refractivity contribution is 5.54. The number of hydrogen-bond donors (Lipinski definition) is 1. The molecule has 3 atom stereocenters. The zero-order chi connectivity index (χ0) is 17.3. The van der Waals surface area contributed by atoms with E-state index in [1.807, 2.05) is 12.1 Å². The van der Waals surface area contributed by atoms with E-state index >= 15 is 0 Å². The van der Waals surface area contributed by atoms with Gasteiger partial charge in [-0.05, 0) is 48.1 Å². The molecule has 0 aliphatic carbocycles. The van der Waals surface area contributed by atoms with Crippen molar-refractivity contribution < 1.29 is 5.11 Å². The monoisotopic (exact) mass is 324 g/mol. The van der Waals surface area contributed by atoms with Gasteiger partial charge in [-0.2, -0.15) is 0 Å². The number of benzene rings is 2. The molecule has 0 aromatic heterocycles. The molecule has 1 aliphatic heterocycles. The Morgan fingerprint density at radius 2 is 1.75 bits per heavy atom. The number of aromatic hydroxyl groups is 1. The van der Waals surface area contributed by atoms with Crippen molar-refractivity contribution >= 4 is 11.4 Å². The van der Waals surface area contributed by atoms with Crippen LogP contribution in [0.15, 0.2) is 48.5 Å². The third-order valence-corrected chi connectivity index (χ3v) is 5.47. The number of phenolic OH excluding ortho intramolecular Hbond substituents is 1. The van der Waals surface area contributed by atoms with E-state index in [-0.39, 0.29) is 0 Å². The summed E-state index contributed by atoms with van der Waals surface area (Å²) in [6.07, 6.45) is 1.18. The van der Waals surface area contributed by atoms with E-state index in [9.17, 15) is 5.11 Å². The molecule has 0 radical (unpaired) electrons. The summed E-state index contributed by atoms with van der Waals surface area (Å²) in [5.74, 6) is 1.59. The Balaban J connectivity index is 1.98. The molecule has 1 saturated heterocycles. The van der Waals surface area contributed by atoms with Crippen LogP contribution in [0.25, 0.3) is 0 Å². The maximum Gasteiger partial charge on any atom is 0.117 e. The van der Waals surface area contributed by atoms with E-state index in [4.69, 9.17) is 0 Å². The minimum atomic E-state index is 0.334. The van der Waals surface area contributed by atoms with Crippen LogP contribution in [0.3, 0.4) is 0 Å². The van der Waals surface area contributed by atoms with Gasteiger partial charge in [0.1, 0.15) is 5.75 Å². The van der Waals surface area contributed by atoms with Gasteiger partial charge in [-0.3, -0.25) is 0 Å². The van der Waals surface area contributed by atoms with Crippen molar-refractivity contribution in [1.29, 1.82) is 0 Å². The molecular weight excluding hydrogens is 296 g/mol. The normalized spacial score (nSPS) is 24.0. The Morgan fingerprint density at radius 3 is 2.38 bits per heavy atom. The lowest BCUT2D eigenvalue weighted by atomic mass is 9.78. The minimum absolute atomic E-state index is 0.334. The lowest BCUT2D eigenvalue weighted by Gasteiger charge is -2.45. The van der Waals surface area contributed by atoms with Gasteiger partial charge >= 0.3 is 0 Å². The fourth-order valence-corrected chi connectivity index (χ4v) is 3.75. The first-order valence-corrected chi connectivity index (χ1v) is 8.80. The summed E-state index contributed by atoms with van der Waals surface area (Å²) < 4.78 is 0. The van der Waals surface area contributed by atoms with E-state index in [1.165, 1.54) is 17.7 Å². The van der Waals surface area contributed by atoms with Gasteiger partial charge in [-0.1, -0.05) is 32.0 Å². The smallest absolute Gasteiger partial charge is 0.117 e. The third kappa shape index (κ3) is 3.21. The zero-order valence-corrected chi connectivity index (χ0v) is 15.1. The highest BCUT2D eigenvalue weighted by atomic mass is 16.3. The van der Waals surface area contributed by atoms with Gasteiger partial charge in [0, 0.05) is 38.1 Å². The second kappa shape index (κ2) is 6.76. The number of rotatable bonds is 3. The van der Waals surface area contributed by atoms with Crippen molar-refractivity contribution in [3.8, 4) is 5.75 Å². The first kappa shape index (κ1) is 16.7. The largest absolute Gasteiger partial charge is 0.508 e. The molecule has 1 N–H and O–H groups in total. The number of piperidine rings is 1. The maximum atomic E-state index is 9.88. The molecule has 24 heavy (non-hydrogen) atoms. The lowest BCUT2D eigenvalue weighted by Crippen LogP contribution is -2.41. The number of hydrogen-bond acceptors (Lipinski definition) is 3. The molecule has 2 aromatic carbocycles. The van der Waals surface area contributed by atoms with Crippen molar-refractivity contribution in [3.05, 3.63) is 54.1 Å². The molecule has 0 saturated carbocycles. The minimum Gasteiger partial charge on any atom is -0.508 e. The van der Waals surface area contributed by atoms with Crippen LogP contribution in [0.4, 0.5) is 11.4 Å². The Bertz CT molecular complexity index is 680. The molecule has 1 aliphatic rings. The summed E-state index contributed by atoms with van der Waals surface area (Å²) in [4.78, 5) is 4.58. The highest BCUT2D eigenvalue weighted by Gasteiger charge is 2.34. The van der Waals surface area contributed by atoms with Crippen LogP contribution in [-0.4, -0.2) is 25.7 Å². The van der Waals surface area contributed by atoms with Gasteiger partial charge in [0.25, 0.3) is 0 Å². The number of phenols is 1. The summed E-state index contributed by atoms with van der Waals surface area (Å²) in [5, 5.41) is 9.88. The van der Waals surface area contributed by atoms with E-state index in [2.05, 4.69) is 68.1 Å². The Labute approximate surface area is 145 Å². The Hall–Kier alpha value is -2.16. The summed E-state index contributed by atoms with van der Waals surface area (Å²) >= 11 is 0. The fraction of sp³-hybridized carbons (Fsp3) is 0.429.